The molecule has 0 bridgehead atoms. The highest BCUT2D eigenvalue weighted by Gasteiger charge is 2.38. The number of aromatic nitrogens is 2. The number of carboxylic acids is 2. The predicted octanol–water partition coefficient (Wildman–Crippen LogP) is 1.12. The fourth-order valence-electron chi connectivity index (χ4n) is 2.83. The summed E-state index contributed by atoms with van der Waals surface area (Å²) in [4.78, 5) is 39.2. The number of thioether (sulfide) groups is 1. The molecular weight excluding hydrogens is 433 g/mol. The highest BCUT2D eigenvalue weighted by atomic mass is 32.2. The Morgan fingerprint density at radius 2 is 1.80 bits per heavy atom. The molecule has 1 aromatic rings. The summed E-state index contributed by atoms with van der Waals surface area (Å²) >= 11 is 1.88. The molecule has 0 radical (unpaired) electrons. The number of nitrogens with zero attached hydrogens (tertiary/aromatic N) is 3. The van der Waals surface area contributed by atoms with Crippen LogP contribution in [0.15, 0.2) is 0 Å². The third-order valence-corrected chi connectivity index (χ3v) is 5.34. The van der Waals surface area contributed by atoms with E-state index < -0.39 is 18.1 Å². The Labute approximate surface area is 173 Å². The van der Waals surface area contributed by atoms with E-state index in [0.717, 1.165) is 24.6 Å². The lowest BCUT2D eigenvalue weighted by Crippen LogP contribution is -2.46. The Hall–Kier alpha value is -2.32. The van der Waals surface area contributed by atoms with Crippen molar-refractivity contribution >= 4 is 35.4 Å². The molecule has 2 aliphatic rings. The monoisotopic (exact) mass is 454 g/mol. The molecule has 0 spiro atoms. The van der Waals surface area contributed by atoms with E-state index in [4.69, 9.17) is 14.6 Å². The normalized spacial score (nSPS) is 17.9. The maximum Gasteiger partial charge on any atom is 0.490 e. The zero-order valence-electron chi connectivity index (χ0n) is 15.9. The molecule has 168 valence electrons. The van der Waals surface area contributed by atoms with Crippen molar-refractivity contribution in [2.45, 2.75) is 32.3 Å². The van der Waals surface area contributed by atoms with Gasteiger partial charge in [-0.15, -0.1) is 0 Å². The molecule has 10 nitrogen and oxygen atoms in total. The van der Waals surface area contributed by atoms with Gasteiger partial charge >= 0.3 is 18.1 Å². The molecule has 1 aromatic heterocycles. The molecule has 0 aromatic carbocycles. The molecular formula is C16H21F3N4O6S. The standard InChI is InChI=1S/C14H20N4O4S.C2HF3O2/c1-9(17-3-6-23-7-4-17)13(19)16-12-11(14(20)21)18-2-5-22-8-10(18)15-12;3-2(4,5)1(6)7/h9H,2-8H2,1H3,(H,16,19)(H,20,21);(H,6,7). The van der Waals surface area contributed by atoms with E-state index in [2.05, 4.69) is 15.2 Å². The number of hydrogen-bond acceptors (Lipinski definition) is 7. The van der Waals surface area contributed by atoms with Crippen molar-refractivity contribution in [3.05, 3.63) is 11.5 Å². The Morgan fingerprint density at radius 3 is 2.33 bits per heavy atom. The van der Waals surface area contributed by atoms with Gasteiger partial charge in [-0.25, -0.2) is 14.6 Å². The van der Waals surface area contributed by atoms with E-state index in [9.17, 15) is 27.9 Å². The number of halogens is 3. The van der Waals surface area contributed by atoms with Gasteiger partial charge in [-0.05, 0) is 6.92 Å². The van der Waals surface area contributed by atoms with E-state index in [0.29, 0.717) is 19.0 Å². The fraction of sp³-hybridized carbons (Fsp3) is 0.625. The molecule has 1 amide bonds. The molecule has 30 heavy (non-hydrogen) atoms. The topological polar surface area (TPSA) is 134 Å². The van der Waals surface area contributed by atoms with Crippen molar-refractivity contribution in [1.82, 2.24) is 14.5 Å². The third kappa shape index (κ3) is 6.09. The van der Waals surface area contributed by atoms with Gasteiger partial charge in [0.2, 0.25) is 5.91 Å². The van der Waals surface area contributed by atoms with Crippen LogP contribution in [0.2, 0.25) is 0 Å². The number of imidazole rings is 1. The van der Waals surface area contributed by atoms with Crippen molar-refractivity contribution < 1.29 is 42.5 Å². The van der Waals surface area contributed by atoms with E-state index in [1.54, 1.807) is 4.57 Å². The second kappa shape index (κ2) is 10.1. The first-order chi connectivity index (χ1) is 14.0. The molecule has 14 heteroatoms. The summed E-state index contributed by atoms with van der Waals surface area (Å²) in [5.41, 5.74) is 0.0260. The van der Waals surface area contributed by atoms with Crippen molar-refractivity contribution in [2.75, 3.05) is 36.5 Å². The minimum atomic E-state index is -5.08. The Kier molecular flexibility index (Phi) is 8.09. The molecule has 0 saturated carbocycles. The summed E-state index contributed by atoms with van der Waals surface area (Å²) in [7, 11) is 0. The number of anilines is 1. The first-order valence-electron chi connectivity index (χ1n) is 8.85. The molecule has 0 aliphatic carbocycles. The minimum Gasteiger partial charge on any atom is -0.476 e. The zero-order chi connectivity index (χ0) is 22.5. The second-order valence-corrected chi connectivity index (χ2v) is 7.58. The number of amides is 1. The lowest BCUT2D eigenvalue weighted by Gasteiger charge is -2.30. The second-order valence-electron chi connectivity index (χ2n) is 6.35. The van der Waals surface area contributed by atoms with Crippen LogP contribution in [0.1, 0.15) is 23.2 Å². The van der Waals surface area contributed by atoms with Crippen LogP contribution in [0, 0.1) is 0 Å². The van der Waals surface area contributed by atoms with E-state index >= 15 is 0 Å². The van der Waals surface area contributed by atoms with Gasteiger partial charge in [0.25, 0.3) is 0 Å². The highest BCUT2D eigenvalue weighted by molar-refractivity contribution is 7.99. The Morgan fingerprint density at radius 1 is 1.20 bits per heavy atom. The van der Waals surface area contributed by atoms with Crippen LogP contribution in [0.25, 0.3) is 0 Å². The van der Waals surface area contributed by atoms with Gasteiger partial charge in [0.15, 0.2) is 11.5 Å². The lowest BCUT2D eigenvalue weighted by atomic mass is 10.2. The van der Waals surface area contributed by atoms with E-state index in [-0.39, 0.29) is 30.1 Å². The van der Waals surface area contributed by atoms with Crippen molar-refractivity contribution in [2.24, 2.45) is 0 Å². The molecule has 1 saturated heterocycles. The number of aromatic carboxylic acids is 1. The first kappa shape index (κ1) is 24.0. The number of alkyl halides is 3. The average molecular weight is 454 g/mol. The average Bonchev–Trinajstić information content (AvgIpc) is 3.05. The highest BCUT2D eigenvalue weighted by Crippen LogP contribution is 2.22. The minimum absolute atomic E-state index is 0.0260. The van der Waals surface area contributed by atoms with Gasteiger partial charge < -0.3 is 24.8 Å². The number of fused-ring (bicyclic) bond motifs is 1. The summed E-state index contributed by atoms with van der Waals surface area (Å²) < 4.78 is 38.6. The number of ether oxygens (including phenoxy) is 1. The Balaban J connectivity index is 0.000000396. The van der Waals surface area contributed by atoms with Crippen LogP contribution >= 0.6 is 11.8 Å². The smallest absolute Gasteiger partial charge is 0.476 e. The fourth-order valence-corrected chi connectivity index (χ4v) is 3.76. The summed E-state index contributed by atoms with van der Waals surface area (Å²) in [6, 6.07) is -0.312. The number of carbonyl (C=O) groups excluding carboxylic acids is 1. The first-order valence-corrected chi connectivity index (χ1v) is 10.0. The van der Waals surface area contributed by atoms with Gasteiger partial charge in [-0.3, -0.25) is 9.69 Å². The van der Waals surface area contributed by atoms with Crippen LogP contribution in [0.3, 0.4) is 0 Å². The van der Waals surface area contributed by atoms with Crippen LogP contribution in [0.4, 0.5) is 19.0 Å². The number of nitrogens with one attached hydrogen (secondary N) is 1. The number of carbonyl (C=O) groups is 3. The van der Waals surface area contributed by atoms with Gasteiger partial charge in [-0.1, -0.05) is 0 Å². The van der Waals surface area contributed by atoms with Gasteiger partial charge in [-0.2, -0.15) is 24.9 Å². The molecule has 1 unspecified atom stereocenters. The van der Waals surface area contributed by atoms with Gasteiger partial charge in [0.05, 0.1) is 12.6 Å². The molecule has 1 fully saturated rings. The van der Waals surface area contributed by atoms with Crippen LogP contribution in [-0.2, 0) is 27.5 Å². The molecule has 1 atom stereocenters. The Bertz CT molecular complexity index is 795. The number of rotatable bonds is 4. The number of carboxylic acid groups (broad SMARTS) is 2. The van der Waals surface area contributed by atoms with E-state index in [1.165, 1.54) is 0 Å². The molecule has 2 aliphatic heterocycles. The molecule has 3 heterocycles. The lowest BCUT2D eigenvalue weighted by molar-refractivity contribution is -0.192. The zero-order valence-corrected chi connectivity index (χ0v) is 16.8. The van der Waals surface area contributed by atoms with Crippen molar-refractivity contribution in [1.29, 1.82) is 0 Å². The summed E-state index contributed by atoms with van der Waals surface area (Å²) in [5, 5.41) is 19.3. The number of aliphatic carboxylic acids is 1. The summed E-state index contributed by atoms with van der Waals surface area (Å²) in [6.45, 7) is 4.69. The molecule has 3 rings (SSSR count). The summed E-state index contributed by atoms with van der Waals surface area (Å²) in [5.74, 6) is -1.42. The quantitative estimate of drug-likeness (QED) is 0.612. The summed E-state index contributed by atoms with van der Waals surface area (Å²) in [6.07, 6.45) is -5.08. The largest absolute Gasteiger partial charge is 0.490 e. The van der Waals surface area contributed by atoms with Crippen LogP contribution in [0.5, 0.6) is 0 Å². The maximum atomic E-state index is 12.5. The van der Waals surface area contributed by atoms with Gasteiger partial charge in [0.1, 0.15) is 12.4 Å². The number of hydrogen-bond donors (Lipinski definition) is 3. The molecule has 3 N–H and O–H groups in total. The van der Waals surface area contributed by atoms with Gasteiger partial charge in [0, 0.05) is 31.1 Å². The SMILES string of the molecule is CC(C(=O)Nc1nc2n(c1C(=O)O)CCOC2)N1CCSCC1.O=C(O)C(F)(F)F. The maximum absolute atomic E-state index is 12.5. The van der Waals surface area contributed by atoms with E-state index in [1.807, 2.05) is 18.7 Å². The third-order valence-electron chi connectivity index (χ3n) is 4.40. The van der Waals surface area contributed by atoms with Crippen LogP contribution < -0.4 is 5.32 Å². The predicted molar refractivity (Wildman–Crippen MR) is 99.5 cm³/mol. The van der Waals surface area contributed by atoms with Crippen molar-refractivity contribution in [3.63, 3.8) is 0 Å². The van der Waals surface area contributed by atoms with Crippen LogP contribution in [-0.4, -0.2) is 85.9 Å². The van der Waals surface area contributed by atoms with Crippen molar-refractivity contribution in [3.8, 4) is 0 Å².